The lowest BCUT2D eigenvalue weighted by atomic mass is 10.2. The third-order valence-corrected chi connectivity index (χ3v) is 2.79. The Hall–Kier alpha value is -1.16. The van der Waals surface area contributed by atoms with Crippen molar-refractivity contribution in [1.29, 1.82) is 0 Å². The predicted molar refractivity (Wildman–Crippen MR) is 63.6 cm³/mol. The first kappa shape index (κ1) is 11.9. The van der Waals surface area contributed by atoms with Gasteiger partial charge < -0.3 is 10.5 Å². The number of esters is 1. The zero-order valence-corrected chi connectivity index (χ0v) is 9.55. The summed E-state index contributed by atoms with van der Waals surface area (Å²) < 4.78 is 4.82. The fourth-order valence-electron chi connectivity index (χ4n) is 1.11. The average Bonchev–Trinajstić information content (AvgIpc) is 2.21. The number of hydrogen-bond acceptors (Lipinski definition) is 4. The van der Waals surface area contributed by atoms with Crippen LogP contribution in [-0.2, 0) is 15.3 Å². The number of thioether (sulfide) groups is 1. The van der Waals surface area contributed by atoms with Crippen molar-refractivity contribution >= 4 is 23.4 Å². The molecular weight excluding hydrogens is 210 g/mol. The van der Waals surface area contributed by atoms with Gasteiger partial charge in [-0.25, -0.2) is 0 Å². The minimum absolute atomic E-state index is 0.169. The van der Waals surface area contributed by atoms with E-state index < -0.39 is 0 Å². The molecule has 0 spiro atoms. The molecule has 4 heteroatoms. The largest absolute Gasteiger partial charge is 0.465 e. The third-order valence-electron chi connectivity index (χ3n) is 1.84. The van der Waals surface area contributed by atoms with Crippen molar-refractivity contribution in [2.45, 2.75) is 12.7 Å². The van der Waals surface area contributed by atoms with Crippen LogP contribution in [0.5, 0.6) is 0 Å². The number of para-hydroxylation sites is 1. The van der Waals surface area contributed by atoms with Gasteiger partial charge in [0, 0.05) is 11.4 Å². The lowest BCUT2D eigenvalue weighted by Crippen LogP contribution is -2.06. The van der Waals surface area contributed by atoms with Crippen molar-refractivity contribution in [3.05, 3.63) is 29.8 Å². The van der Waals surface area contributed by atoms with Crippen LogP contribution in [0.15, 0.2) is 24.3 Å². The molecule has 0 heterocycles. The standard InChI is InChI=1S/C11H15NO2S/c1-2-14-11(13)8-15-7-9-5-3-4-6-10(9)12/h3-6H,2,7-8,12H2,1H3. The van der Waals surface area contributed by atoms with Gasteiger partial charge in [-0.3, -0.25) is 4.79 Å². The number of nitrogens with two attached hydrogens (primary N) is 1. The van der Waals surface area contributed by atoms with Crippen LogP contribution >= 0.6 is 11.8 Å². The Labute approximate surface area is 94.0 Å². The van der Waals surface area contributed by atoms with Gasteiger partial charge in [0.25, 0.3) is 0 Å². The van der Waals surface area contributed by atoms with Gasteiger partial charge in [0.15, 0.2) is 0 Å². The lowest BCUT2D eigenvalue weighted by molar-refractivity contribution is -0.139. The van der Waals surface area contributed by atoms with E-state index in [0.717, 1.165) is 17.0 Å². The van der Waals surface area contributed by atoms with E-state index in [0.29, 0.717) is 12.4 Å². The minimum atomic E-state index is -0.169. The number of nitrogen functional groups attached to an aromatic ring is 1. The van der Waals surface area contributed by atoms with Gasteiger partial charge in [-0.05, 0) is 18.6 Å². The highest BCUT2D eigenvalue weighted by Crippen LogP contribution is 2.17. The second kappa shape index (κ2) is 6.35. The number of carbonyl (C=O) groups excluding carboxylic acids is 1. The van der Waals surface area contributed by atoms with E-state index in [1.807, 2.05) is 24.3 Å². The first-order valence-corrected chi connectivity index (χ1v) is 5.96. The molecule has 0 aliphatic rings. The molecule has 0 fully saturated rings. The van der Waals surface area contributed by atoms with Gasteiger partial charge in [-0.1, -0.05) is 18.2 Å². The van der Waals surface area contributed by atoms with E-state index in [1.165, 1.54) is 11.8 Å². The zero-order valence-electron chi connectivity index (χ0n) is 8.73. The Kier molecular flexibility index (Phi) is 5.04. The molecule has 3 nitrogen and oxygen atoms in total. The Morgan fingerprint density at radius 1 is 1.47 bits per heavy atom. The summed E-state index contributed by atoms with van der Waals surface area (Å²) in [4.78, 5) is 11.0. The SMILES string of the molecule is CCOC(=O)CSCc1ccccc1N. The Bertz CT molecular complexity index is 328. The number of hydrogen-bond donors (Lipinski definition) is 1. The smallest absolute Gasteiger partial charge is 0.315 e. The summed E-state index contributed by atoms with van der Waals surface area (Å²) in [6, 6.07) is 7.67. The van der Waals surface area contributed by atoms with Crippen molar-refractivity contribution in [2.24, 2.45) is 0 Å². The molecule has 0 aromatic heterocycles. The normalized spacial score (nSPS) is 9.93. The summed E-state index contributed by atoms with van der Waals surface area (Å²) in [5, 5.41) is 0. The molecule has 0 saturated heterocycles. The zero-order chi connectivity index (χ0) is 11.1. The maximum absolute atomic E-state index is 11.0. The number of anilines is 1. The van der Waals surface area contributed by atoms with Crippen LogP contribution in [0.2, 0.25) is 0 Å². The summed E-state index contributed by atoms with van der Waals surface area (Å²) in [6.07, 6.45) is 0. The second-order valence-corrected chi connectivity index (χ2v) is 3.98. The summed E-state index contributed by atoms with van der Waals surface area (Å²) in [5.74, 6) is 0.949. The Morgan fingerprint density at radius 2 is 2.20 bits per heavy atom. The quantitative estimate of drug-likeness (QED) is 0.615. The maximum Gasteiger partial charge on any atom is 0.315 e. The van der Waals surface area contributed by atoms with Crippen molar-refractivity contribution in [1.82, 2.24) is 0 Å². The van der Waals surface area contributed by atoms with E-state index in [2.05, 4.69) is 0 Å². The van der Waals surface area contributed by atoms with Gasteiger partial charge in [0.05, 0.1) is 12.4 Å². The molecule has 15 heavy (non-hydrogen) atoms. The van der Waals surface area contributed by atoms with E-state index in [-0.39, 0.29) is 5.97 Å². The molecule has 1 aromatic carbocycles. The molecule has 0 aliphatic heterocycles. The topological polar surface area (TPSA) is 52.3 Å². The molecule has 0 unspecified atom stereocenters. The molecule has 1 aromatic rings. The van der Waals surface area contributed by atoms with Crippen molar-refractivity contribution in [2.75, 3.05) is 18.1 Å². The minimum Gasteiger partial charge on any atom is -0.465 e. The molecule has 0 saturated carbocycles. The van der Waals surface area contributed by atoms with Gasteiger partial charge in [-0.15, -0.1) is 11.8 Å². The summed E-state index contributed by atoms with van der Waals surface area (Å²) in [5.41, 5.74) is 7.60. The molecule has 0 bridgehead atoms. The van der Waals surface area contributed by atoms with Gasteiger partial charge in [0.1, 0.15) is 0 Å². The molecule has 0 atom stereocenters. The van der Waals surface area contributed by atoms with Crippen LogP contribution in [0.3, 0.4) is 0 Å². The number of carbonyl (C=O) groups is 1. The molecule has 1 rings (SSSR count). The molecule has 0 amide bonds. The van der Waals surface area contributed by atoms with Crippen molar-refractivity contribution < 1.29 is 9.53 Å². The third kappa shape index (κ3) is 4.25. The number of benzene rings is 1. The van der Waals surface area contributed by atoms with Crippen LogP contribution in [-0.4, -0.2) is 18.3 Å². The van der Waals surface area contributed by atoms with Crippen LogP contribution in [0, 0.1) is 0 Å². The van der Waals surface area contributed by atoms with Crippen LogP contribution in [0.25, 0.3) is 0 Å². The van der Waals surface area contributed by atoms with E-state index in [9.17, 15) is 4.79 Å². The van der Waals surface area contributed by atoms with E-state index in [4.69, 9.17) is 10.5 Å². The second-order valence-electron chi connectivity index (χ2n) is 3.00. The van der Waals surface area contributed by atoms with Crippen LogP contribution in [0.4, 0.5) is 5.69 Å². The first-order valence-electron chi connectivity index (χ1n) is 4.80. The lowest BCUT2D eigenvalue weighted by Gasteiger charge is -2.04. The summed E-state index contributed by atoms with van der Waals surface area (Å²) >= 11 is 1.51. The molecule has 82 valence electrons. The Morgan fingerprint density at radius 3 is 2.87 bits per heavy atom. The van der Waals surface area contributed by atoms with E-state index in [1.54, 1.807) is 6.92 Å². The van der Waals surface area contributed by atoms with Crippen LogP contribution < -0.4 is 5.73 Å². The monoisotopic (exact) mass is 225 g/mol. The van der Waals surface area contributed by atoms with E-state index >= 15 is 0 Å². The predicted octanol–water partition coefficient (Wildman–Crippen LogP) is 2.07. The highest BCUT2D eigenvalue weighted by molar-refractivity contribution is 7.99. The van der Waals surface area contributed by atoms with Crippen molar-refractivity contribution in [3.63, 3.8) is 0 Å². The molecular formula is C11H15NO2S. The van der Waals surface area contributed by atoms with Crippen LogP contribution in [0.1, 0.15) is 12.5 Å². The molecule has 0 aliphatic carbocycles. The molecule has 0 radical (unpaired) electrons. The first-order chi connectivity index (χ1) is 7.24. The highest BCUT2D eigenvalue weighted by atomic mass is 32.2. The number of rotatable bonds is 5. The van der Waals surface area contributed by atoms with Gasteiger partial charge in [-0.2, -0.15) is 0 Å². The van der Waals surface area contributed by atoms with Crippen molar-refractivity contribution in [3.8, 4) is 0 Å². The maximum atomic E-state index is 11.0. The Balaban J connectivity index is 2.32. The fraction of sp³-hybridized carbons (Fsp3) is 0.364. The summed E-state index contributed by atoms with van der Waals surface area (Å²) in [7, 11) is 0. The molecule has 2 N–H and O–H groups in total. The van der Waals surface area contributed by atoms with Gasteiger partial charge >= 0.3 is 5.97 Å². The summed E-state index contributed by atoms with van der Waals surface area (Å²) in [6.45, 7) is 2.24. The van der Waals surface area contributed by atoms with Gasteiger partial charge in [0.2, 0.25) is 0 Å². The highest BCUT2D eigenvalue weighted by Gasteiger charge is 2.03. The number of ether oxygens (including phenoxy) is 1. The average molecular weight is 225 g/mol. The fourth-order valence-corrected chi connectivity index (χ4v) is 1.95.